The number of hydrogen-bond donors (Lipinski definition) is 1. The molecule has 6 nitrogen and oxygen atoms in total. The number of benzene rings is 1. The molecule has 0 unspecified atom stereocenters. The van der Waals surface area contributed by atoms with Crippen LogP contribution in [0.2, 0.25) is 0 Å². The molecule has 3 rings (SSSR count). The maximum Gasteiger partial charge on any atom is 0.242 e. The van der Waals surface area contributed by atoms with Crippen molar-refractivity contribution in [3.05, 3.63) is 40.9 Å². The first-order valence-corrected chi connectivity index (χ1v) is 9.49. The van der Waals surface area contributed by atoms with Crippen LogP contribution < -0.4 is 5.32 Å². The van der Waals surface area contributed by atoms with Crippen LogP contribution in [-0.4, -0.2) is 39.2 Å². The normalized spacial score (nSPS) is 18.8. The van der Waals surface area contributed by atoms with E-state index in [0.717, 1.165) is 16.8 Å². The molecular formula is C17H18N4O2S2. The van der Waals surface area contributed by atoms with Gasteiger partial charge in [0, 0.05) is 30.7 Å². The van der Waals surface area contributed by atoms with E-state index in [4.69, 9.17) is 0 Å². The number of aromatic nitrogens is 1. The van der Waals surface area contributed by atoms with Crippen molar-refractivity contribution in [1.82, 2.24) is 9.88 Å². The zero-order chi connectivity index (χ0) is 18.0. The molecular weight excluding hydrogens is 356 g/mol. The van der Waals surface area contributed by atoms with E-state index in [1.165, 1.54) is 28.0 Å². The molecule has 0 aliphatic carbocycles. The number of carbonyl (C=O) groups excluding carboxylic acids is 2. The molecule has 0 radical (unpaired) electrons. The van der Waals surface area contributed by atoms with Crippen LogP contribution in [-0.2, 0) is 9.59 Å². The van der Waals surface area contributed by atoms with Crippen molar-refractivity contribution < 1.29 is 9.59 Å². The first-order chi connectivity index (χ1) is 11.9. The van der Waals surface area contributed by atoms with Gasteiger partial charge in [-0.25, -0.2) is 4.98 Å². The Labute approximate surface area is 154 Å². The van der Waals surface area contributed by atoms with Gasteiger partial charge in [0.1, 0.15) is 5.25 Å². The third-order valence-electron chi connectivity index (χ3n) is 3.78. The molecule has 2 heterocycles. The van der Waals surface area contributed by atoms with Gasteiger partial charge in [-0.15, -0.1) is 11.3 Å². The van der Waals surface area contributed by atoms with E-state index >= 15 is 0 Å². The second-order valence-electron chi connectivity index (χ2n) is 5.78. The zero-order valence-corrected chi connectivity index (χ0v) is 15.8. The van der Waals surface area contributed by atoms with Gasteiger partial charge in [0.15, 0.2) is 5.17 Å². The molecule has 0 bridgehead atoms. The number of aryl methyl sites for hydroxylation is 2. The summed E-state index contributed by atoms with van der Waals surface area (Å²) in [6.07, 6.45) is 1.78. The number of amidine groups is 1. The summed E-state index contributed by atoms with van der Waals surface area (Å²) in [5.74, 6) is -0.294. The number of thioether (sulfide) groups is 1. The summed E-state index contributed by atoms with van der Waals surface area (Å²) in [4.78, 5) is 34.7. The van der Waals surface area contributed by atoms with Gasteiger partial charge < -0.3 is 5.32 Å². The van der Waals surface area contributed by atoms with E-state index in [2.05, 4.69) is 15.3 Å². The van der Waals surface area contributed by atoms with E-state index in [-0.39, 0.29) is 18.2 Å². The summed E-state index contributed by atoms with van der Waals surface area (Å²) >= 11 is 2.71. The quantitative estimate of drug-likeness (QED) is 0.890. The molecule has 8 heteroatoms. The maximum absolute atomic E-state index is 12.4. The lowest BCUT2D eigenvalue weighted by molar-refractivity contribution is -0.127. The summed E-state index contributed by atoms with van der Waals surface area (Å²) < 4.78 is 0. The predicted octanol–water partition coefficient (Wildman–Crippen LogP) is 3.35. The summed E-state index contributed by atoms with van der Waals surface area (Å²) in [5.41, 5.74) is 2.92. The number of aliphatic imine (C=N–C) groups is 1. The molecule has 1 aliphatic heterocycles. The molecule has 1 fully saturated rings. The van der Waals surface area contributed by atoms with Crippen molar-refractivity contribution in [3.8, 4) is 0 Å². The first kappa shape index (κ1) is 17.6. The maximum atomic E-state index is 12.4. The Balaban J connectivity index is 1.66. The van der Waals surface area contributed by atoms with E-state index in [9.17, 15) is 9.59 Å². The Morgan fingerprint density at radius 1 is 1.40 bits per heavy atom. The van der Waals surface area contributed by atoms with Gasteiger partial charge in [-0.1, -0.05) is 29.5 Å². The van der Waals surface area contributed by atoms with Gasteiger partial charge in [-0.3, -0.25) is 14.5 Å². The van der Waals surface area contributed by atoms with Gasteiger partial charge >= 0.3 is 0 Å². The van der Waals surface area contributed by atoms with Gasteiger partial charge in [0.25, 0.3) is 0 Å². The highest BCUT2D eigenvalue weighted by Crippen LogP contribution is 2.31. The fourth-order valence-electron chi connectivity index (χ4n) is 2.47. The van der Waals surface area contributed by atoms with Crippen LogP contribution in [0.5, 0.6) is 0 Å². The van der Waals surface area contributed by atoms with Crippen molar-refractivity contribution in [2.75, 3.05) is 12.4 Å². The van der Waals surface area contributed by atoms with Crippen molar-refractivity contribution in [2.24, 2.45) is 4.99 Å². The lowest BCUT2D eigenvalue weighted by Gasteiger charge is -2.11. The van der Waals surface area contributed by atoms with Crippen LogP contribution in [0.3, 0.4) is 0 Å². The molecule has 1 N–H and O–H groups in total. The Bertz CT molecular complexity index is 833. The standard InChI is InChI=1S/C17H18N4O2S2/c1-10-4-5-12(11(2)8-10)19-14(22)9-13-15(23)21(3)17(25-13)20-16-18-6-7-24-16/h4-8,13H,9H2,1-3H3,(H,19,22)/t13-/m1/s1. The minimum Gasteiger partial charge on any atom is -0.326 e. The summed E-state index contributed by atoms with van der Waals surface area (Å²) in [6.45, 7) is 3.95. The largest absolute Gasteiger partial charge is 0.326 e. The minimum atomic E-state index is -0.463. The number of carbonyl (C=O) groups is 2. The Hall–Kier alpha value is -2.19. The molecule has 1 aliphatic rings. The zero-order valence-electron chi connectivity index (χ0n) is 14.1. The first-order valence-electron chi connectivity index (χ1n) is 7.73. The topological polar surface area (TPSA) is 74.7 Å². The Morgan fingerprint density at radius 2 is 2.20 bits per heavy atom. The van der Waals surface area contributed by atoms with Crippen LogP contribution in [0.25, 0.3) is 0 Å². The lowest BCUT2D eigenvalue weighted by Crippen LogP contribution is -2.30. The highest BCUT2D eigenvalue weighted by atomic mass is 32.2. The number of nitrogens with zero attached hydrogens (tertiary/aromatic N) is 3. The van der Waals surface area contributed by atoms with Crippen LogP contribution in [0.4, 0.5) is 10.8 Å². The number of thiazole rings is 1. The van der Waals surface area contributed by atoms with Crippen LogP contribution in [0, 0.1) is 13.8 Å². The molecule has 130 valence electrons. The second kappa shape index (κ2) is 7.37. The van der Waals surface area contributed by atoms with Crippen molar-refractivity contribution in [2.45, 2.75) is 25.5 Å². The van der Waals surface area contributed by atoms with Crippen molar-refractivity contribution in [3.63, 3.8) is 0 Å². The smallest absolute Gasteiger partial charge is 0.242 e. The Kier molecular flexibility index (Phi) is 5.19. The van der Waals surface area contributed by atoms with Gasteiger partial charge in [-0.2, -0.15) is 4.99 Å². The number of anilines is 1. The second-order valence-corrected chi connectivity index (χ2v) is 7.83. The highest BCUT2D eigenvalue weighted by Gasteiger charge is 2.37. The molecule has 2 amide bonds. The van der Waals surface area contributed by atoms with Gasteiger partial charge in [0.05, 0.1) is 0 Å². The Morgan fingerprint density at radius 3 is 2.88 bits per heavy atom. The fraction of sp³-hybridized carbons (Fsp3) is 0.294. The monoisotopic (exact) mass is 374 g/mol. The third kappa shape index (κ3) is 4.08. The van der Waals surface area contributed by atoms with E-state index in [1.807, 2.05) is 37.4 Å². The number of nitrogens with one attached hydrogen (secondary N) is 1. The number of amides is 2. The average Bonchev–Trinajstić information content (AvgIpc) is 3.15. The molecule has 25 heavy (non-hydrogen) atoms. The molecule has 2 aromatic rings. The van der Waals surface area contributed by atoms with Crippen molar-refractivity contribution >= 4 is 50.9 Å². The lowest BCUT2D eigenvalue weighted by atomic mass is 10.1. The average molecular weight is 374 g/mol. The molecule has 1 aromatic heterocycles. The van der Waals surface area contributed by atoms with E-state index in [0.29, 0.717) is 10.3 Å². The van der Waals surface area contributed by atoms with Crippen LogP contribution >= 0.6 is 23.1 Å². The third-order valence-corrected chi connectivity index (χ3v) is 5.67. The van der Waals surface area contributed by atoms with Crippen LogP contribution in [0.1, 0.15) is 17.5 Å². The summed E-state index contributed by atoms with van der Waals surface area (Å²) in [7, 11) is 1.67. The van der Waals surface area contributed by atoms with Crippen molar-refractivity contribution in [1.29, 1.82) is 0 Å². The molecule has 1 atom stereocenters. The predicted molar refractivity (Wildman–Crippen MR) is 103 cm³/mol. The SMILES string of the molecule is Cc1ccc(NC(=O)C[C@H]2SC(=Nc3nccs3)N(C)C2=O)c(C)c1. The van der Waals surface area contributed by atoms with Gasteiger partial charge in [-0.05, 0) is 25.5 Å². The highest BCUT2D eigenvalue weighted by molar-refractivity contribution is 8.15. The molecule has 0 saturated carbocycles. The molecule has 0 spiro atoms. The minimum absolute atomic E-state index is 0.109. The van der Waals surface area contributed by atoms with E-state index < -0.39 is 5.25 Å². The van der Waals surface area contributed by atoms with Gasteiger partial charge in [0.2, 0.25) is 16.9 Å². The summed E-state index contributed by atoms with van der Waals surface area (Å²) in [6, 6.07) is 5.84. The molecule has 1 saturated heterocycles. The number of hydrogen-bond acceptors (Lipinski definition) is 6. The fourth-order valence-corrected chi connectivity index (χ4v) is 4.17. The van der Waals surface area contributed by atoms with Crippen LogP contribution in [0.15, 0.2) is 34.8 Å². The number of rotatable bonds is 4. The van der Waals surface area contributed by atoms with E-state index in [1.54, 1.807) is 13.2 Å². The molecule has 1 aromatic carbocycles. The summed E-state index contributed by atoms with van der Waals surface area (Å²) in [5, 5.41) is 5.43.